The molecule has 0 aliphatic carbocycles. The molecule has 2 rings (SSSR count). The van der Waals surface area contributed by atoms with Gasteiger partial charge in [0.1, 0.15) is 5.82 Å². The molecule has 0 bridgehead atoms. The highest BCUT2D eigenvalue weighted by atomic mass is 19.1. The fraction of sp³-hybridized carbons (Fsp3) is 0.455. The minimum Gasteiger partial charge on any atom is -0.375 e. The first kappa shape index (κ1) is 9.62. The van der Waals surface area contributed by atoms with Gasteiger partial charge < -0.3 is 4.74 Å². The molecular weight excluding hydrogens is 181 g/mol. The van der Waals surface area contributed by atoms with Crippen LogP contribution in [0.5, 0.6) is 0 Å². The predicted molar refractivity (Wildman–Crippen MR) is 52.5 cm³/mol. The van der Waals surface area contributed by atoms with Gasteiger partial charge in [0.2, 0.25) is 0 Å². The highest BCUT2D eigenvalue weighted by molar-refractivity contribution is 5.15. The zero-order chi connectivity index (χ0) is 9.80. The number of rotatable bonds is 5. The lowest BCUT2D eigenvalue weighted by Crippen LogP contribution is -2.07. The van der Waals surface area contributed by atoms with Crippen LogP contribution in [-0.4, -0.2) is 31.1 Å². The number of ether oxygens (including phenoxy) is 1. The third-order valence-electron chi connectivity index (χ3n) is 2.25. The van der Waals surface area contributed by atoms with Gasteiger partial charge >= 0.3 is 0 Å². The number of nitrogens with zero attached hydrogens (tertiary/aromatic N) is 1. The van der Waals surface area contributed by atoms with E-state index in [0.717, 1.165) is 18.7 Å². The minimum atomic E-state index is -0.197. The van der Waals surface area contributed by atoms with Gasteiger partial charge in [-0.2, -0.15) is 0 Å². The van der Waals surface area contributed by atoms with Crippen LogP contribution in [0.15, 0.2) is 24.3 Å². The first-order valence-electron chi connectivity index (χ1n) is 4.89. The van der Waals surface area contributed by atoms with E-state index in [1.54, 1.807) is 6.07 Å². The normalized spacial score (nSPS) is 15.8. The summed E-state index contributed by atoms with van der Waals surface area (Å²) in [5.74, 6) is -0.197. The van der Waals surface area contributed by atoms with E-state index >= 15 is 0 Å². The third kappa shape index (κ3) is 3.09. The van der Waals surface area contributed by atoms with E-state index in [1.165, 1.54) is 25.2 Å². The monoisotopic (exact) mass is 195 g/mol. The van der Waals surface area contributed by atoms with E-state index in [2.05, 4.69) is 4.90 Å². The summed E-state index contributed by atoms with van der Waals surface area (Å²) in [6.45, 7) is 4.63. The van der Waals surface area contributed by atoms with Crippen LogP contribution in [0.4, 0.5) is 4.39 Å². The standard InChI is InChI=1S/C11H14FNO/c12-11-3-1-2-10(8-11)9-14-7-6-13-4-5-13/h1-3,8H,4-7,9H2. The lowest BCUT2D eigenvalue weighted by atomic mass is 10.2. The summed E-state index contributed by atoms with van der Waals surface area (Å²) in [6.07, 6.45) is 0. The average molecular weight is 195 g/mol. The van der Waals surface area contributed by atoms with Crippen LogP contribution in [0.2, 0.25) is 0 Å². The topological polar surface area (TPSA) is 12.2 Å². The average Bonchev–Trinajstić information content (AvgIpc) is 2.96. The predicted octanol–water partition coefficient (Wildman–Crippen LogP) is 1.66. The third-order valence-corrected chi connectivity index (χ3v) is 2.25. The molecule has 0 amide bonds. The van der Waals surface area contributed by atoms with E-state index in [-0.39, 0.29) is 5.82 Å². The molecule has 0 N–H and O–H groups in total. The summed E-state index contributed by atoms with van der Waals surface area (Å²) < 4.78 is 18.2. The van der Waals surface area contributed by atoms with Crippen molar-refractivity contribution in [1.82, 2.24) is 4.90 Å². The second-order valence-corrected chi connectivity index (χ2v) is 3.52. The summed E-state index contributed by atoms with van der Waals surface area (Å²) in [7, 11) is 0. The van der Waals surface area contributed by atoms with Crippen LogP contribution >= 0.6 is 0 Å². The van der Waals surface area contributed by atoms with Gasteiger partial charge in [-0.15, -0.1) is 0 Å². The largest absolute Gasteiger partial charge is 0.375 e. The molecule has 76 valence electrons. The lowest BCUT2D eigenvalue weighted by molar-refractivity contribution is 0.114. The zero-order valence-corrected chi connectivity index (χ0v) is 8.08. The Morgan fingerprint density at radius 2 is 2.21 bits per heavy atom. The fourth-order valence-electron chi connectivity index (χ4n) is 1.30. The summed E-state index contributed by atoms with van der Waals surface area (Å²) in [4.78, 5) is 2.30. The summed E-state index contributed by atoms with van der Waals surface area (Å²) in [6, 6.07) is 6.54. The van der Waals surface area contributed by atoms with E-state index < -0.39 is 0 Å². The Bertz CT molecular complexity index is 299. The van der Waals surface area contributed by atoms with E-state index in [0.29, 0.717) is 6.61 Å². The van der Waals surface area contributed by atoms with E-state index in [1.807, 2.05) is 6.07 Å². The Morgan fingerprint density at radius 3 is 2.93 bits per heavy atom. The van der Waals surface area contributed by atoms with Crippen molar-refractivity contribution in [1.29, 1.82) is 0 Å². The quantitative estimate of drug-likeness (QED) is 0.523. The SMILES string of the molecule is Fc1cccc(COCCN2CC2)c1. The second-order valence-electron chi connectivity index (χ2n) is 3.52. The van der Waals surface area contributed by atoms with Crippen LogP contribution in [0, 0.1) is 5.82 Å². The Hall–Kier alpha value is -0.930. The number of hydrogen-bond donors (Lipinski definition) is 0. The Balaban J connectivity index is 1.68. The van der Waals surface area contributed by atoms with Gasteiger partial charge in [0.25, 0.3) is 0 Å². The van der Waals surface area contributed by atoms with Crippen LogP contribution in [0.3, 0.4) is 0 Å². The van der Waals surface area contributed by atoms with Crippen molar-refractivity contribution in [2.24, 2.45) is 0 Å². The van der Waals surface area contributed by atoms with Crippen molar-refractivity contribution in [3.63, 3.8) is 0 Å². The van der Waals surface area contributed by atoms with Crippen molar-refractivity contribution in [2.75, 3.05) is 26.2 Å². The van der Waals surface area contributed by atoms with Crippen LogP contribution in [0.25, 0.3) is 0 Å². The molecule has 14 heavy (non-hydrogen) atoms. The molecular formula is C11H14FNO. The molecule has 1 fully saturated rings. The first-order chi connectivity index (χ1) is 6.84. The van der Waals surface area contributed by atoms with Gasteiger partial charge in [0.05, 0.1) is 13.2 Å². The first-order valence-corrected chi connectivity index (χ1v) is 4.89. The van der Waals surface area contributed by atoms with Gasteiger partial charge in [0.15, 0.2) is 0 Å². The van der Waals surface area contributed by atoms with Gasteiger partial charge in [0, 0.05) is 19.6 Å². The fourth-order valence-corrected chi connectivity index (χ4v) is 1.30. The molecule has 1 aliphatic rings. The maximum atomic E-state index is 12.8. The lowest BCUT2D eigenvalue weighted by Gasteiger charge is -2.04. The van der Waals surface area contributed by atoms with Crippen LogP contribution in [-0.2, 0) is 11.3 Å². The second kappa shape index (κ2) is 4.53. The molecule has 1 aromatic rings. The molecule has 1 aliphatic heterocycles. The van der Waals surface area contributed by atoms with Gasteiger partial charge in [-0.05, 0) is 17.7 Å². The highest BCUT2D eigenvalue weighted by Gasteiger charge is 2.15. The molecule has 0 unspecified atom stereocenters. The van der Waals surface area contributed by atoms with Crippen molar-refractivity contribution in [3.05, 3.63) is 35.6 Å². The smallest absolute Gasteiger partial charge is 0.123 e. The molecule has 0 aromatic heterocycles. The Kier molecular flexibility index (Phi) is 3.11. The molecule has 2 nitrogen and oxygen atoms in total. The minimum absolute atomic E-state index is 0.197. The molecule has 1 aromatic carbocycles. The maximum Gasteiger partial charge on any atom is 0.123 e. The summed E-state index contributed by atoms with van der Waals surface area (Å²) >= 11 is 0. The molecule has 0 saturated carbocycles. The van der Waals surface area contributed by atoms with Crippen LogP contribution in [0.1, 0.15) is 5.56 Å². The van der Waals surface area contributed by atoms with Crippen molar-refractivity contribution in [3.8, 4) is 0 Å². The molecule has 0 atom stereocenters. The zero-order valence-electron chi connectivity index (χ0n) is 8.08. The Labute approximate surface area is 83.3 Å². The highest BCUT2D eigenvalue weighted by Crippen LogP contribution is 2.06. The molecule has 0 spiro atoms. The van der Waals surface area contributed by atoms with Gasteiger partial charge in [-0.25, -0.2) is 4.39 Å². The van der Waals surface area contributed by atoms with Gasteiger partial charge in [-0.1, -0.05) is 12.1 Å². The summed E-state index contributed by atoms with van der Waals surface area (Å²) in [5.41, 5.74) is 0.899. The van der Waals surface area contributed by atoms with E-state index in [4.69, 9.17) is 4.74 Å². The number of hydrogen-bond acceptors (Lipinski definition) is 2. The van der Waals surface area contributed by atoms with E-state index in [9.17, 15) is 4.39 Å². The van der Waals surface area contributed by atoms with Crippen molar-refractivity contribution < 1.29 is 9.13 Å². The maximum absolute atomic E-state index is 12.8. The van der Waals surface area contributed by atoms with Gasteiger partial charge in [-0.3, -0.25) is 4.90 Å². The molecule has 0 radical (unpaired) electrons. The number of halogens is 1. The van der Waals surface area contributed by atoms with Crippen LogP contribution < -0.4 is 0 Å². The van der Waals surface area contributed by atoms with Crippen molar-refractivity contribution in [2.45, 2.75) is 6.61 Å². The number of benzene rings is 1. The molecule has 1 heterocycles. The van der Waals surface area contributed by atoms with Crippen molar-refractivity contribution >= 4 is 0 Å². The molecule has 3 heteroatoms. The molecule has 1 saturated heterocycles. The Morgan fingerprint density at radius 1 is 1.36 bits per heavy atom. The summed E-state index contributed by atoms with van der Waals surface area (Å²) in [5, 5.41) is 0.